The molecule has 14 heavy (non-hydrogen) atoms. The Kier molecular flexibility index (Phi) is 2.55. The molecule has 1 radical (unpaired) electrons. The summed E-state index contributed by atoms with van der Waals surface area (Å²) >= 11 is 0. The van der Waals surface area contributed by atoms with Crippen LogP contribution in [0.3, 0.4) is 0 Å². The molecule has 79 valence electrons. The first-order valence-corrected chi connectivity index (χ1v) is 6.81. The molecule has 0 spiro atoms. The third kappa shape index (κ3) is 1.73. The zero-order valence-electron chi connectivity index (χ0n) is 9.30. The molecule has 1 unspecified atom stereocenters. The largest absolute Gasteiger partial charge is 0.0530 e. The lowest BCUT2D eigenvalue weighted by Crippen LogP contribution is -2.25. The maximum absolute atomic E-state index is 2.04. The summed E-state index contributed by atoms with van der Waals surface area (Å²) < 4.78 is 0. The minimum atomic E-state index is 1.07. The third-order valence-electron chi connectivity index (χ3n) is 4.78. The number of rotatable bonds is 2. The van der Waals surface area contributed by atoms with Crippen LogP contribution in [0.4, 0.5) is 0 Å². The standard InChI is InChI=1S/C14H23/c1-2-6-11(5-1)13-7-3-4-8-14(13)12-9-10-12/h11-12,14H,1-10H2. The van der Waals surface area contributed by atoms with Crippen LogP contribution in [0.15, 0.2) is 0 Å². The van der Waals surface area contributed by atoms with Gasteiger partial charge in [0.25, 0.3) is 0 Å². The first-order chi connectivity index (χ1) is 6.95. The van der Waals surface area contributed by atoms with Crippen molar-refractivity contribution in [2.75, 3.05) is 0 Å². The van der Waals surface area contributed by atoms with Crippen LogP contribution in [-0.4, -0.2) is 0 Å². The quantitative estimate of drug-likeness (QED) is 0.608. The molecule has 0 amide bonds. The summed E-state index contributed by atoms with van der Waals surface area (Å²) in [6, 6.07) is 0. The highest BCUT2D eigenvalue weighted by Gasteiger charge is 2.41. The fourth-order valence-corrected chi connectivity index (χ4v) is 3.90. The third-order valence-corrected chi connectivity index (χ3v) is 4.78. The van der Waals surface area contributed by atoms with E-state index >= 15 is 0 Å². The minimum absolute atomic E-state index is 1.07. The second kappa shape index (κ2) is 3.87. The van der Waals surface area contributed by atoms with Crippen molar-refractivity contribution in [3.05, 3.63) is 5.92 Å². The van der Waals surface area contributed by atoms with E-state index in [9.17, 15) is 0 Å². The van der Waals surface area contributed by atoms with Gasteiger partial charge in [-0.25, -0.2) is 0 Å². The predicted molar refractivity (Wildman–Crippen MR) is 59.9 cm³/mol. The van der Waals surface area contributed by atoms with E-state index in [-0.39, 0.29) is 0 Å². The van der Waals surface area contributed by atoms with E-state index in [0.717, 1.165) is 17.8 Å². The Balaban J connectivity index is 1.66. The second-order valence-electron chi connectivity index (χ2n) is 5.75. The van der Waals surface area contributed by atoms with Crippen molar-refractivity contribution >= 4 is 0 Å². The average molecular weight is 191 g/mol. The number of hydrogen-bond acceptors (Lipinski definition) is 0. The van der Waals surface area contributed by atoms with Gasteiger partial charge in [-0.05, 0) is 62.2 Å². The highest BCUT2D eigenvalue weighted by molar-refractivity contribution is 5.09. The molecule has 0 heteroatoms. The highest BCUT2D eigenvalue weighted by Crippen LogP contribution is 2.52. The molecule has 3 aliphatic carbocycles. The molecule has 0 aromatic carbocycles. The second-order valence-corrected chi connectivity index (χ2v) is 5.75. The zero-order valence-corrected chi connectivity index (χ0v) is 9.30. The molecular formula is C14H23. The van der Waals surface area contributed by atoms with E-state index in [1.165, 1.54) is 32.1 Å². The van der Waals surface area contributed by atoms with Gasteiger partial charge in [-0.3, -0.25) is 0 Å². The van der Waals surface area contributed by atoms with E-state index in [1.54, 1.807) is 32.1 Å². The van der Waals surface area contributed by atoms with Crippen molar-refractivity contribution < 1.29 is 0 Å². The van der Waals surface area contributed by atoms with Gasteiger partial charge in [0.2, 0.25) is 0 Å². The lowest BCUT2D eigenvalue weighted by molar-refractivity contribution is 0.294. The topological polar surface area (TPSA) is 0 Å². The smallest absolute Gasteiger partial charge is 0.0176 e. The Morgan fingerprint density at radius 1 is 0.714 bits per heavy atom. The molecule has 0 saturated heterocycles. The molecule has 0 N–H and O–H groups in total. The Morgan fingerprint density at radius 2 is 1.43 bits per heavy atom. The monoisotopic (exact) mass is 191 g/mol. The van der Waals surface area contributed by atoms with Crippen molar-refractivity contribution in [2.45, 2.75) is 64.2 Å². The molecule has 3 aliphatic rings. The maximum Gasteiger partial charge on any atom is -0.0176 e. The fraction of sp³-hybridized carbons (Fsp3) is 0.929. The van der Waals surface area contributed by atoms with E-state index in [0.29, 0.717) is 0 Å². The molecule has 0 heterocycles. The van der Waals surface area contributed by atoms with Gasteiger partial charge in [0.15, 0.2) is 0 Å². The normalized spacial score (nSPS) is 36.4. The SMILES string of the molecule is C1CCC(C2CC2)[C](C2CCCC2)C1. The Hall–Kier alpha value is 0. The summed E-state index contributed by atoms with van der Waals surface area (Å²) in [6.07, 6.45) is 15.3. The Morgan fingerprint density at radius 3 is 2.14 bits per heavy atom. The summed E-state index contributed by atoms with van der Waals surface area (Å²) in [5, 5.41) is 0. The molecule has 0 bridgehead atoms. The average Bonchev–Trinajstić information content (AvgIpc) is 2.94. The van der Waals surface area contributed by atoms with Gasteiger partial charge in [0, 0.05) is 0 Å². The van der Waals surface area contributed by atoms with Crippen LogP contribution in [0.5, 0.6) is 0 Å². The lowest BCUT2D eigenvalue weighted by Gasteiger charge is -2.35. The first kappa shape index (κ1) is 9.24. The van der Waals surface area contributed by atoms with Gasteiger partial charge >= 0.3 is 0 Å². The lowest BCUT2D eigenvalue weighted by atomic mass is 9.70. The van der Waals surface area contributed by atoms with Crippen LogP contribution in [0.25, 0.3) is 0 Å². The maximum atomic E-state index is 2.04. The Bertz CT molecular complexity index is 186. The summed E-state index contributed by atoms with van der Waals surface area (Å²) in [4.78, 5) is 0. The number of hydrogen-bond donors (Lipinski definition) is 0. The van der Waals surface area contributed by atoms with Crippen molar-refractivity contribution in [1.82, 2.24) is 0 Å². The van der Waals surface area contributed by atoms with Gasteiger partial charge in [-0.2, -0.15) is 0 Å². The van der Waals surface area contributed by atoms with E-state index in [4.69, 9.17) is 0 Å². The van der Waals surface area contributed by atoms with Crippen molar-refractivity contribution in [3.8, 4) is 0 Å². The van der Waals surface area contributed by atoms with E-state index in [1.807, 2.05) is 5.92 Å². The molecular weight excluding hydrogens is 168 g/mol. The van der Waals surface area contributed by atoms with Crippen LogP contribution in [0, 0.1) is 23.7 Å². The van der Waals surface area contributed by atoms with E-state index in [2.05, 4.69) is 0 Å². The van der Waals surface area contributed by atoms with Crippen LogP contribution in [-0.2, 0) is 0 Å². The van der Waals surface area contributed by atoms with Crippen LogP contribution >= 0.6 is 0 Å². The summed E-state index contributed by atoms with van der Waals surface area (Å²) in [5.74, 6) is 5.34. The molecule has 0 aliphatic heterocycles. The van der Waals surface area contributed by atoms with Gasteiger partial charge in [-0.15, -0.1) is 0 Å². The highest BCUT2D eigenvalue weighted by atomic mass is 14.5. The van der Waals surface area contributed by atoms with Crippen molar-refractivity contribution in [3.63, 3.8) is 0 Å². The first-order valence-electron chi connectivity index (χ1n) is 6.81. The summed E-state index contributed by atoms with van der Waals surface area (Å²) in [7, 11) is 0. The van der Waals surface area contributed by atoms with Gasteiger partial charge < -0.3 is 0 Å². The summed E-state index contributed by atoms with van der Waals surface area (Å²) in [5.41, 5.74) is 0. The zero-order chi connectivity index (χ0) is 9.38. The molecule has 3 rings (SSSR count). The van der Waals surface area contributed by atoms with Crippen molar-refractivity contribution in [2.24, 2.45) is 17.8 Å². The molecule has 0 nitrogen and oxygen atoms in total. The van der Waals surface area contributed by atoms with Gasteiger partial charge in [0.1, 0.15) is 0 Å². The summed E-state index contributed by atoms with van der Waals surface area (Å²) in [6.45, 7) is 0. The molecule has 0 aromatic rings. The van der Waals surface area contributed by atoms with Crippen LogP contribution in [0.1, 0.15) is 64.2 Å². The molecule has 3 fully saturated rings. The van der Waals surface area contributed by atoms with Crippen LogP contribution < -0.4 is 0 Å². The molecule has 1 atom stereocenters. The van der Waals surface area contributed by atoms with Gasteiger partial charge in [-0.1, -0.05) is 25.7 Å². The van der Waals surface area contributed by atoms with E-state index < -0.39 is 0 Å². The predicted octanol–water partition coefficient (Wildman–Crippen LogP) is 4.35. The van der Waals surface area contributed by atoms with Crippen molar-refractivity contribution in [1.29, 1.82) is 0 Å². The minimum Gasteiger partial charge on any atom is -0.0530 e. The molecule has 0 aromatic heterocycles. The molecule has 3 saturated carbocycles. The Labute approximate surface area is 88.5 Å². The van der Waals surface area contributed by atoms with Gasteiger partial charge in [0.05, 0.1) is 0 Å². The fourth-order valence-electron chi connectivity index (χ4n) is 3.90. The van der Waals surface area contributed by atoms with Crippen LogP contribution in [0.2, 0.25) is 0 Å².